The normalized spacial score (nSPS) is 21.4. The number of piperidine rings is 1. The number of aryl methyl sites for hydroxylation is 1. The zero-order valence-electron chi connectivity index (χ0n) is 26.4. The Bertz CT molecular complexity index is 1260. The van der Waals surface area contributed by atoms with Gasteiger partial charge in [0.2, 0.25) is 5.91 Å². The minimum absolute atomic E-state index is 0.0834. The lowest BCUT2D eigenvalue weighted by molar-refractivity contribution is -0.144. The average Bonchev–Trinajstić information content (AvgIpc) is 3.35. The lowest BCUT2D eigenvalue weighted by Crippen LogP contribution is -2.66. The molecule has 1 aromatic heterocycles. The first-order valence-electron chi connectivity index (χ1n) is 15.7. The van der Waals surface area contributed by atoms with E-state index in [1.54, 1.807) is 9.80 Å². The molecule has 0 bridgehead atoms. The second-order valence-electron chi connectivity index (χ2n) is 13.4. The van der Waals surface area contributed by atoms with Crippen LogP contribution in [0.4, 0.5) is 4.79 Å². The number of unbranched alkanes of at least 4 members (excludes halogenated alkanes) is 2. The molecule has 0 aliphatic carbocycles. The minimum Gasteiger partial charge on any atom is -0.465 e. The van der Waals surface area contributed by atoms with Gasteiger partial charge in [0.25, 0.3) is 5.91 Å². The Hall–Kier alpha value is -3.18. The molecule has 0 radical (unpaired) electrons. The molecule has 2 fully saturated rings. The molecule has 2 aliphatic heterocycles. The molecule has 2 N–H and O–H groups in total. The average molecular weight is 600 g/mol. The van der Waals surface area contributed by atoms with Crippen LogP contribution in [0.5, 0.6) is 0 Å². The van der Waals surface area contributed by atoms with Crippen molar-refractivity contribution >= 4 is 28.9 Å². The molecular formula is C32H49N5O6. The molecule has 11 heteroatoms. The first kappa shape index (κ1) is 32.7. The summed E-state index contributed by atoms with van der Waals surface area (Å²) in [4.78, 5) is 51.0. The van der Waals surface area contributed by atoms with E-state index in [0.29, 0.717) is 58.1 Å². The van der Waals surface area contributed by atoms with Crippen LogP contribution >= 0.6 is 0 Å². The molecule has 4 rings (SSSR count). The summed E-state index contributed by atoms with van der Waals surface area (Å²) < 4.78 is 7.41. The van der Waals surface area contributed by atoms with Gasteiger partial charge in [0, 0.05) is 39.3 Å². The number of aromatic nitrogens is 2. The molecule has 1 aromatic carbocycles. The van der Waals surface area contributed by atoms with Crippen LogP contribution in [-0.2, 0) is 16.1 Å². The molecule has 43 heavy (non-hydrogen) atoms. The SMILES string of the molecule is CC(C)CN(C(=O)c1nc2ccccc2n1CCCCCO)[C@H]1C[C@@H](C(=O)N2CCOCC2)CN(C(=O)O)C1C(C)(C)C. The predicted molar refractivity (Wildman–Crippen MR) is 164 cm³/mol. The second-order valence-corrected chi connectivity index (χ2v) is 13.4. The summed E-state index contributed by atoms with van der Waals surface area (Å²) in [5.74, 6) is -0.490. The molecular weight excluding hydrogens is 550 g/mol. The predicted octanol–water partition coefficient (Wildman–Crippen LogP) is 3.94. The number of carboxylic acid groups (broad SMARTS) is 1. The minimum atomic E-state index is -1.09. The lowest BCUT2D eigenvalue weighted by atomic mass is 9.74. The molecule has 238 valence electrons. The number of carbonyl (C=O) groups excluding carboxylic acids is 2. The number of carbonyl (C=O) groups is 3. The van der Waals surface area contributed by atoms with Crippen molar-refractivity contribution in [2.75, 3.05) is 46.0 Å². The van der Waals surface area contributed by atoms with E-state index in [4.69, 9.17) is 9.72 Å². The van der Waals surface area contributed by atoms with Crippen LogP contribution in [0.1, 0.15) is 70.9 Å². The fourth-order valence-corrected chi connectivity index (χ4v) is 6.73. The van der Waals surface area contributed by atoms with Crippen LogP contribution in [0.3, 0.4) is 0 Å². The Morgan fingerprint density at radius 1 is 1.09 bits per heavy atom. The third kappa shape index (κ3) is 7.49. The van der Waals surface area contributed by atoms with Crippen molar-refractivity contribution in [3.63, 3.8) is 0 Å². The molecule has 3 atom stereocenters. The Labute approximate surface area is 254 Å². The summed E-state index contributed by atoms with van der Waals surface area (Å²) in [6, 6.07) is 6.62. The number of likely N-dealkylation sites (tertiary alicyclic amines) is 1. The number of aliphatic hydroxyl groups is 1. The number of aliphatic hydroxyl groups excluding tert-OH is 1. The molecule has 11 nitrogen and oxygen atoms in total. The summed E-state index contributed by atoms with van der Waals surface area (Å²) in [5.41, 5.74) is 1.08. The standard InChI is InChI=1S/C32H49N5O6/c1-22(2)20-36(30(40)28-33-24-11-7-8-12-25(24)35(28)13-9-6-10-16-38)26-19-23(29(39)34-14-17-43-18-15-34)21-37(31(41)42)27(26)32(3,4)5/h7-8,11-12,22-23,26-27,38H,6,9-10,13-21H2,1-5H3,(H,41,42)/t23-,26+,27?/m1/s1. The van der Waals surface area contributed by atoms with E-state index in [0.717, 1.165) is 23.9 Å². The van der Waals surface area contributed by atoms with Crippen molar-refractivity contribution in [2.45, 2.75) is 78.9 Å². The van der Waals surface area contributed by atoms with Crippen LogP contribution in [0.25, 0.3) is 11.0 Å². The zero-order valence-corrected chi connectivity index (χ0v) is 26.4. The Morgan fingerprint density at radius 3 is 2.42 bits per heavy atom. The van der Waals surface area contributed by atoms with Crippen LogP contribution in [0, 0.1) is 17.3 Å². The fraction of sp³-hybridized carbons (Fsp3) is 0.688. The second kappa shape index (κ2) is 14.1. The largest absolute Gasteiger partial charge is 0.465 e. The van der Waals surface area contributed by atoms with Crippen molar-refractivity contribution in [3.05, 3.63) is 30.1 Å². The Balaban J connectivity index is 1.78. The third-order valence-corrected chi connectivity index (χ3v) is 8.56. The number of benzene rings is 1. The van der Waals surface area contributed by atoms with Crippen molar-refractivity contribution < 1.29 is 29.3 Å². The van der Waals surface area contributed by atoms with Crippen molar-refractivity contribution in [3.8, 4) is 0 Å². The molecule has 2 saturated heterocycles. The van der Waals surface area contributed by atoms with E-state index in [2.05, 4.69) is 0 Å². The van der Waals surface area contributed by atoms with Gasteiger partial charge in [0.1, 0.15) is 0 Å². The number of hydrogen-bond acceptors (Lipinski definition) is 6. The molecule has 3 amide bonds. The molecule has 3 heterocycles. The first-order valence-corrected chi connectivity index (χ1v) is 15.7. The number of hydrogen-bond donors (Lipinski definition) is 2. The number of fused-ring (bicyclic) bond motifs is 1. The van der Waals surface area contributed by atoms with Crippen LogP contribution in [0.2, 0.25) is 0 Å². The summed E-state index contributed by atoms with van der Waals surface area (Å²) >= 11 is 0. The maximum atomic E-state index is 14.7. The number of rotatable bonds is 10. The van der Waals surface area contributed by atoms with E-state index in [-0.39, 0.29) is 30.9 Å². The highest BCUT2D eigenvalue weighted by atomic mass is 16.5. The van der Waals surface area contributed by atoms with Crippen molar-refractivity contribution in [1.29, 1.82) is 0 Å². The van der Waals surface area contributed by atoms with E-state index >= 15 is 0 Å². The van der Waals surface area contributed by atoms with Crippen molar-refractivity contribution in [2.24, 2.45) is 17.3 Å². The van der Waals surface area contributed by atoms with Gasteiger partial charge in [-0.3, -0.25) is 9.59 Å². The van der Waals surface area contributed by atoms with Gasteiger partial charge in [-0.1, -0.05) is 46.8 Å². The topological polar surface area (TPSA) is 128 Å². The number of amides is 3. The number of morpholine rings is 1. The summed E-state index contributed by atoms with van der Waals surface area (Å²) in [7, 11) is 0. The third-order valence-electron chi connectivity index (χ3n) is 8.56. The number of imidazole rings is 1. The smallest absolute Gasteiger partial charge is 0.407 e. The van der Waals surface area contributed by atoms with Crippen LogP contribution in [0.15, 0.2) is 24.3 Å². The molecule has 0 saturated carbocycles. The van der Waals surface area contributed by atoms with Crippen LogP contribution in [-0.4, -0.2) is 110 Å². The fourth-order valence-electron chi connectivity index (χ4n) is 6.73. The van der Waals surface area contributed by atoms with E-state index in [9.17, 15) is 24.6 Å². The first-order chi connectivity index (χ1) is 20.4. The summed E-state index contributed by atoms with van der Waals surface area (Å²) in [5, 5.41) is 19.7. The molecule has 0 spiro atoms. The monoisotopic (exact) mass is 599 g/mol. The van der Waals surface area contributed by atoms with Crippen molar-refractivity contribution in [1.82, 2.24) is 24.3 Å². The maximum Gasteiger partial charge on any atom is 0.407 e. The van der Waals surface area contributed by atoms with Crippen LogP contribution < -0.4 is 0 Å². The number of nitrogens with zero attached hydrogens (tertiary/aromatic N) is 5. The zero-order chi connectivity index (χ0) is 31.3. The highest BCUT2D eigenvalue weighted by Gasteiger charge is 2.50. The highest BCUT2D eigenvalue weighted by Crippen LogP contribution is 2.38. The van der Waals surface area contributed by atoms with Gasteiger partial charge in [0.05, 0.1) is 42.2 Å². The number of para-hydroxylation sites is 2. The quantitative estimate of drug-likeness (QED) is 0.396. The van der Waals surface area contributed by atoms with Gasteiger partial charge in [0.15, 0.2) is 5.82 Å². The maximum absolute atomic E-state index is 14.7. The highest BCUT2D eigenvalue weighted by molar-refractivity contribution is 5.95. The van der Waals surface area contributed by atoms with Gasteiger partial charge in [-0.2, -0.15) is 0 Å². The van der Waals surface area contributed by atoms with E-state index < -0.39 is 29.5 Å². The van der Waals surface area contributed by atoms with E-state index in [1.165, 1.54) is 4.90 Å². The molecule has 2 aromatic rings. The molecule has 2 aliphatic rings. The van der Waals surface area contributed by atoms with E-state index in [1.807, 2.05) is 63.5 Å². The molecule has 1 unspecified atom stereocenters. The number of ether oxygens (including phenoxy) is 1. The Kier molecular flexibility index (Phi) is 10.7. The Morgan fingerprint density at radius 2 is 1.79 bits per heavy atom. The summed E-state index contributed by atoms with van der Waals surface area (Å²) in [6.45, 7) is 13.1. The van der Waals surface area contributed by atoms with Gasteiger partial charge in [-0.15, -0.1) is 0 Å². The summed E-state index contributed by atoms with van der Waals surface area (Å²) in [6.07, 6.45) is 1.57. The van der Waals surface area contributed by atoms with Gasteiger partial charge < -0.3 is 34.2 Å². The van der Waals surface area contributed by atoms with Gasteiger partial charge in [-0.25, -0.2) is 9.78 Å². The lowest BCUT2D eigenvalue weighted by Gasteiger charge is -2.52. The van der Waals surface area contributed by atoms with Gasteiger partial charge >= 0.3 is 6.09 Å². The van der Waals surface area contributed by atoms with Gasteiger partial charge in [-0.05, 0) is 49.1 Å².